The van der Waals surface area contributed by atoms with E-state index in [1.165, 1.54) is 24.0 Å². The topological polar surface area (TPSA) is 54.9 Å². The molecule has 2 aliphatic rings. The molecular formula is C25H33N3O2. The summed E-state index contributed by atoms with van der Waals surface area (Å²) in [5, 5.41) is 7.20. The van der Waals surface area contributed by atoms with Gasteiger partial charge in [0.15, 0.2) is 5.96 Å². The van der Waals surface area contributed by atoms with E-state index in [-0.39, 0.29) is 10.8 Å². The smallest absolute Gasteiger partial charge is 0.191 e. The molecule has 1 saturated carbocycles. The van der Waals surface area contributed by atoms with Crippen LogP contribution in [-0.4, -0.2) is 46.4 Å². The van der Waals surface area contributed by atoms with E-state index in [2.05, 4.69) is 70.2 Å². The van der Waals surface area contributed by atoms with Crippen molar-refractivity contribution >= 4 is 5.96 Å². The van der Waals surface area contributed by atoms with Crippen molar-refractivity contribution in [3.05, 3.63) is 65.7 Å². The fourth-order valence-corrected chi connectivity index (χ4v) is 4.51. The molecule has 2 aromatic carbocycles. The van der Waals surface area contributed by atoms with E-state index in [9.17, 15) is 0 Å². The number of nitrogens with one attached hydrogen (secondary N) is 2. The molecule has 1 saturated heterocycles. The van der Waals surface area contributed by atoms with E-state index in [0.29, 0.717) is 0 Å². The van der Waals surface area contributed by atoms with Crippen LogP contribution in [0.3, 0.4) is 0 Å². The molecule has 2 aromatic rings. The third kappa shape index (κ3) is 4.46. The zero-order chi connectivity index (χ0) is 20.9. The molecule has 0 atom stereocenters. The lowest BCUT2D eigenvalue weighted by Gasteiger charge is -2.38. The van der Waals surface area contributed by atoms with E-state index in [1.54, 1.807) is 7.11 Å². The molecule has 5 nitrogen and oxygen atoms in total. The Balaban J connectivity index is 1.41. The summed E-state index contributed by atoms with van der Waals surface area (Å²) in [6, 6.07) is 19.3. The van der Waals surface area contributed by atoms with E-state index < -0.39 is 0 Å². The van der Waals surface area contributed by atoms with Crippen molar-refractivity contribution < 1.29 is 9.47 Å². The molecule has 2 fully saturated rings. The van der Waals surface area contributed by atoms with Crippen molar-refractivity contribution in [2.45, 2.75) is 36.5 Å². The first-order chi connectivity index (χ1) is 14.7. The van der Waals surface area contributed by atoms with Crippen LogP contribution in [0.25, 0.3) is 0 Å². The monoisotopic (exact) mass is 407 g/mol. The van der Waals surface area contributed by atoms with Gasteiger partial charge in [-0.05, 0) is 48.9 Å². The largest absolute Gasteiger partial charge is 0.497 e. The average molecular weight is 408 g/mol. The number of aliphatic imine (C=N–C) groups is 1. The molecule has 0 bridgehead atoms. The van der Waals surface area contributed by atoms with Crippen LogP contribution in [0.5, 0.6) is 5.75 Å². The number of methoxy groups -OCH3 is 1. The molecule has 1 heterocycles. The summed E-state index contributed by atoms with van der Waals surface area (Å²) in [6.07, 6.45) is 4.46. The van der Waals surface area contributed by atoms with E-state index in [0.717, 1.165) is 50.9 Å². The van der Waals surface area contributed by atoms with E-state index in [4.69, 9.17) is 9.47 Å². The lowest BCUT2D eigenvalue weighted by atomic mass is 9.74. The number of ether oxygens (including phenoxy) is 2. The molecule has 0 radical (unpaired) electrons. The first kappa shape index (κ1) is 20.7. The van der Waals surface area contributed by atoms with Crippen molar-refractivity contribution in [1.29, 1.82) is 0 Å². The Kier molecular flexibility index (Phi) is 6.28. The third-order valence-electron chi connectivity index (χ3n) is 6.80. The first-order valence-corrected chi connectivity index (χ1v) is 10.9. The number of hydrogen-bond acceptors (Lipinski definition) is 3. The van der Waals surface area contributed by atoms with Crippen molar-refractivity contribution in [3.63, 3.8) is 0 Å². The molecule has 2 N–H and O–H groups in total. The molecule has 30 heavy (non-hydrogen) atoms. The SMILES string of the molecule is CN=C(NCC1(c2ccc(OC)cc2)CCOCC1)NCC1(c2ccccc2)CC1. The predicted molar refractivity (Wildman–Crippen MR) is 121 cm³/mol. The summed E-state index contributed by atoms with van der Waals surface area (Å²) in [5.41, 5.74) is 3.05. The Hall–Kier alpha value is -2.53. The Morgan fingerprint density at radius 2 is 1.43 bits per heavy atom. The maximum atomic E-state index is 5.68. The average Bonchev–Trinajstić information content (AvgIpc) is 3.62. The van der Waals surface area contributed by atoms with Gasteiger partial charge >= 0.3 is 0 Å². The van der Waals surface area contributed by atoms with Gasteiger partial charge in [-0.25, -0.2) is 0 Å². The van der Waals surface area contributed by atoms with Gasteiger partial charge < -0.3 is 20.1 Å². The standard InChI is InChI=1S/C25H33N3O2/c1-26-23(27-18-24(12-13-24)20-6-4-3-5-7-20)28-19-25(14-16-30-17-15-25)21-8-10-22(29-2)11-9-21/h3-11H,12-19H2,1-2H3,(H2,26,27,28). The fraction of sp³-hybridized carbons (Fsp3) is 0.480. The lowest BCUT2D eigenvalue weighted by Crippen LogP contribution is -2.49. The number of nitrogens with zero attached hydrogens (tertiary/aromatic N) is 1. The summed E-state index contributed by atoms with van der Waals surface area (Å²) in [6.45, 7) is 3.32. The zero-order valence-electron chi connectivity index (χ0n) is 18.1. The third-order valence-corrected chi connectivity index (χ3v) is 6.80. The van der Waals surface area contributed by atoms with E-state index in [1.807, 2.05) is 7.05 Å². The number of guanidine groups is 1. The van der Waals surface area contributed by atoms with Gasteiger partial charge in [0, 0.05) is 44.2 Å². The number of hydrogen-bond donors (Lipinski definition) is 2. The minimum atomic E-state index is 0.0405. The van der Waals surface area contributed by atoms with Gasteiger partial charge in [-0.15, -0.1) is 0 Å². The van der Waals surface area contributed by atoms with Crippen LogP contribution in [0.4, 0.5) is 0 Å². The highest BCUT2D eigenvalue weighted by molar-refractivity contribution is 5.80. The Morgan fingerprint density at radius 3 is 1.97 bits per heavy atom. The Bertz CT molecular complexity index is 838. The van der Waals surface area contributed by atoms with Crippen molar-refractivity contribution in [2.24, 2.45) is 4.99 Å². The zero-order valence-corrected chi connectivity index (χ0v) is 18.1. The minimum absolute atomic E-state index is 0.0405. The second kappa shape index (κ2) is 9.09. The maximum Gasteiger partial charge on any atom is 0.191 e. The number of benzene rings is 2. The van der Waals surface area contributed by atoms with Crippen LogP contribution in [0.1, 0.15) is 36.8 Å². The summed E-state index contributed by atoms with van der Waals surface area (Å²) in [7, 11) is 3.56. The minimum Gasteiger partial charge on any atom is -0.497 e. The highest BCUT2D eigenvalue weighted by Crippen LogP contribution is 2.47. The van der Waals surface area contributed by atoms with Crippen molar-refractivity contribution in [1.82, 2.24) is 10.6 Å². The first-order valence-electron chi connectivity index (χ1n) is 10.9. The predicted octanol–water partition coefficient (Wildman–Crippen LogP) is 3.64. The second-order valence-electron chi connectivity index (χ2n) is 8.55. The van der Waals surface area contributed by atoms with Gasteiger partial charge in [0.05, 0.1) is 7.11 Å². The summed E-state index contributed by atoms with van der Waals surface area (Å²) < 4.78 is 11.0. The van der Waals surface area contributed by atoms with Gasteiger partial charge in [0.25, 0.3) is 0 Å². The molecule has 0 spiro atoms. The molecule has 1 aliphatic carbocycles. The Morgan fingerprint density at radius 1 is 0.867 bits per heavy atom. The summed E-state index contributed by atoms with van der Waals surface area (Å²) >= 11 is 0. The molecule has 0 amide bonds. The molecular weight excluding hydrogens is 374 g/mol. The second-order valence-corrected chi connectivity index (χ2v) is 8.55. The van der Waals surface area contributed by atoms with Crippen molar-refractivity contribution in [3.8, 4) is 5.75 Å². The molecule has 0 unspecified atom stereocenters. The fourth-order valence-electron chi connectivity index (χ4n) is 4.51. The lowest BCUT2D eigenvalue weighted by molar-refractivity contribution is 0.0513. The molecule has 4 rings (SSSR count). The van der Waals surface area contributed by atoms with Crippen LogP contribution in [0.15, 0.2) is 59.6 Å². The van der Waals surface area contributed by atoms with Gasteiger partial charge in [-0.1, -0.05) is 42.5 Å². The molecule has 0 aromatic heterocycles. The van der Waals surface area contributed by atoms with E-state index >= 15 is 0 Å². The Labute approximate surface area is 179 Å². The normalized spacial score (nSPS) is 19.7. The number of rotatable bonds is 7. The van der Waals surface area contributed by atoms with Crippen LogP contribution < -0.4 is 15.4 Å². The van der Waals surface area contributed by atoms with Crippen LogP contribution >= 0.6 is 0 Å². The van der Waals surface area contributed by atoms with Gasteiger partial charge in [-0.2, -0.15) is 0 Å². The molecule has 5 heteroatoms. The van der Waals surface area contributed by atoms with Crippen LogP contribution in [0.2, 0.25) is 0 Å². The van der Waals surface area contributed by atoms with Crippen LogP contribution in [0, 0.1) is 0 Å². The van der Waals surface area contributed by atoms with Crippen molar-refractivity contribution in [2.75, 3.05) is 40.5 Å². The summed E-state index contributed by atoms with van der Waals surface area (Å²) in [4.78, 5) is 4.49. The van der Waals surface area contributed by atoms with Gasteiger partial charge in [0.2, 0.25) is 0 Å². The van der Waals surface area contributed by atoms with Gasteiger partial charge in [-0.3, -0.25) is 4.99 Å². The van der Waals surface area contributed by atoms with Crippen LogP contribution in [-0.2, 0) is 15.6 Å². The highest BCUT2D eigenvalue weighted by atomic mass is 16.5. The van der Waals surface area contributed by atoms with Gasteiger partial charge in [0.1, 0.15) is 5.75 Å². The quantitative estimate of drug-likeness (QED) is 0.544. The maximum absolute atomic E-state index is 5.68. The molecule has 160 valence electrons. The molecule has 1 aliphatic heterocycles. The summed E-state index contributed by atoms with van der Waals surface area (Å²) in [5.74, 6) is 1.76. The highest BCUT2D eigenvalue weighted by Gasteiger charge is 2.44.